The zero-order valence-electron chi connectivity index (χ0n) is 9.43. The van der Waals surface area contributed by atoms with Crippen molar-refractivity contribution in [1.82, 2.24) is 9.55 Å². The van der Waals surface area contributed by atoms with E-state index in [1.165, 1.54) is 0 Å². The quantitative estimate of drug-likeness (QED) is 0.710. The molecule has 2 rings (SSSR count). The summed E-state index contributed by atoms with van der Waals surface area (Å²) in [7, 11) is 0. The van der Waals surface area contributed by atoms with Crippen molar-refractivity contribution in [3.63, 3.8) is 0 Å². The maximum Gasteiger partial charge on any atom is 0.109 e. The number of rotatable bonds is 3. The standard InChI is InChI=1S/C11H12N2O2.K/c1-2-10-12-8-5-3-4-6-9(8)13(10)7-11(14)15;/h3-6H,2,7H2,1H3,(H,14,15);/p-1. The van der Waals surface area contributed by atoms with E-state index in [9.17, 15) is 9.90 Å². The first-order chi connectivity index (χ1) is 7.22. The molecule has 5 heteroatoms. The molecule has 4 nitrogen and oxygen atoms in total. The minimum Gasteiger partial charge on any atom is -0.548 e. The number of aliphatic carboxylic acids is 1. The molecule has 0 saturated carbocycles. The average Bonchev–Trinajstić information content (AvgIpc) is 2.56. The van der Waals surface area contributed by atoms with Crippen LogP contribution in [-0.2, 0) is 17.8 Å². The van der Waals surface area contributed by atoms with Gasteiger partial charge in [-0.1, -0.05) is 19.1 Å². The number of nitrogens with zero attached hydrogens (tertiary/aromatic N) is 2. The monoisotopic (exact) mass is 242 g/mol. The summed E-state index contributed by atoms with van der Waals surface area (Å²) >= 11 is 0. The maximum absolute atomic E-state index is 10.6. The molecule has 0 amide bonds. The van der Waals surface area contributed by atoms with Crippen LogP contribution in [0.2, 0.25) is 0 Å². The fraction of sp³-hybridized carbons (Fsp3) is 0.273. The molecule has 0 atom stereocenters. The van der Waals surface area contributed by atoms with Gasteiger partial charge in [0.1, 0.15) is 5.82 Å². The van der Waals surface area contributed by atoms with Gasteiger partial charge in [0.05, 0.1) is 23.5 Å². The van der Waals surface area contributed by atoms with Gasteiger partial charge >= 0.3 is 0 Å². The molecule has 16 heavy (non-hydrogen) atoms. The van der Waals surface area contributed by atoms with Crippen molar-refractivity contribution < 1.29 is 9.90 Å². The van der Waals surface area contributed by atoms with Crippen LogP contribution in [0.25, 0.3) is 11.0 Å². The van der Waals surface area contributed by atoms with Gasteiger partial charge in [-0.15, -0.1) is 0 Å². The molecule has 1 heterocycles. The summed E-state index contributed by atoms with van der Waals surface area (Å²) in [6.45, 7) is 1.82. The van der Waals surface area contributed by atoms with Crippen LogP contribution in [-0.4, -0.2) is 66.9 Å². The van der Waals surface area contributed by atoms with Crippen LogP contribution in [0.3, 0.4) is 0 Å². The van der Waals surface area contributed by atoms with E-state index < -0.39 is 5.97 Å². The van der Waals surface area contributed by atoms with Gasteiger partial charge in [-0.05, 0) is 12.1 Å². The molecule has 1 aromatic heterocycles. The molecule has 1 aromatic carbocycles. The van der Waals surface area contributed by atoms with E-state index in [1.54, 1.807) is 4.57 Å². The number of fused-ring (bicyclic) bond motifs is 1. The number of carboxylic acid groups (broad SMARTS) is 1. The van der Waals surface area contributed by atoms with Gasteiger partial charge in [-0.3, -0.25) is 0 Å². The largest absolute Gasteiger partial charge is 0.548 e. The van der Waals surface area contributed by atoms with Crippen LogP contribution in [0.1, 0.15) is 12.7 Å². The zero-order chi connectivity index (χ0) is 10.8. The minimum atomic E-state index is -1.09. The maximum atomic E-state index is 10.6. The molecule has 0 fully saturated rings. The number of benzene rings is 1. The van der Waals surface area contributed by atoms with Crippen LogP contribution < -0.4 is 5.11 Å². The van der Waals surface area contributed by atoms with E-state index in [2.05, 4.69) is 4.98 Å². The van der Waals surface area contributed by atoms with Crippen molar-refractivity contribution in [2.24, 2.45) is 0 Å². The van der Waals surface area contributed by atoms with Crippen molar-refractivity contribution in [2.45, 2.75) is 19.9 Å². The fourth-order valence-corrected chi connectivity index (χ4v) is 1.70. The first-order valence-corrected chi connectivity index (χ1v) is 4.86. The number of carboxylic acids is 1. The van der Waals surface area contributed by atoms with Crippen LogP contribution in [0.5, 0.6) is 0 Å². The van der Waals surface area contributed by atoms with E-state index in [0.29, 0.717) is 6.42 Å². The van der Waals surface area contributed by atoms with Gasteiger partial charge < -0.3 is 14.5 Å². The Morgan fingerprint density at radius 2 is 2.12 bits per heavy atom. The van der Waals surface area contributed by atoms with Crippen molar-refractivity contribution in [1.29, 1.82) is 0 Å². The second kappa shape index (κ2) is 5.93. The van der Waals surface area contributed by atoms with Crippen molar-refractivity contribution in [3.05, 3.63) is 30.1 Å². The Kier molecular flexibility index (Phi) is 5.14. The van der Waals surface area contributed by atoms with E-state index in [-0.39, 0.29) is 57.9 Å². The molecule has 0 aliphatic heterocycles. The second-order valence-corrected chi connectivity index (χ2v) is 3.33. The van der Waals surface area contributed by atoms with Crippen molar-refractivity contribution >= 4 is 68.4 Å². The zero-order valence-corrected chi connectivity index (χ0v) is 12.6. The van der Waals surface area contributed by atoms with Gasteiger partial charge in [0.25, 0.3) is 0 Å². The van der Waals surface area contributed by atoms with Crippen LogP contribution in [0.15, 0.2) is 24.3 Å². The summed E-state index contributed by atoms with van der Waals surface area (Å²) in [5.74, 6) is -0.312. The first-order valence-electron chi connectivity index (χ1n) is 4.86. The fourth-order valence-electron chi connectivity index (χ4n) is 1.70. The number of hydrogen-bond donors (Lipinski definition) is 0. The summed E-state index contributed by atoms with van der Waals surface area (Å²) in [4.78, 5) is 15.0. The summed E-state index contributed by atoms with van der Waals surface area (Å²) in [6.07, 6.45) is 0.710. The Balaban J connectivity index is 0.00000128. The molecule has 0 aliphatic carbocycles. The SMILES string of the molecule is CCc1nc2ccccc2n1CC(=O)[O-].[K]. The van der Waals surface area contributed by atoms with Crippen LogP contribution in [0.4, 0.5) is 0 Å². The predicted molar refractivity (Wildman–Crippen MR) is 59.9 cm³/mol. The minimum absolute atomic E-state index is 0. The molecule has 0 spiro atoms. The Labute approximate surface area is 136 Å². The molecule has 0 saturated heterocycles. The Morgan fingerprint density at radius 1 is 1.44 bits per heavy atom. The molecule has 2 aromatic rings. The summed E-state index contributed by atoms with van der Waals surface area (Å²) in [6, 6.07) is 7.50. The average molecular weight is 242 g/mol. The molecule has 0 N–H and O–H groups in total. The van der Waals surface area contributed by atoms with Crippen LogP contribution in [0, 0.1) is 0 Å². The summed E-state index contributed by atoms with van der Waals surface area (Å²) < 4.78 is 1.69. The second-order valence-electron chi connectivity index (χ2n) is 3.33. The molecule has 0 bridgehead atoms. The number of para-hydroxylation sites is 2. The van der Waals surface area contributed by atoms with E-state index >= 15 is 0 Å². The third-order valence-electron chi connectivity index (χ3n) is 2.34. The topological polar surface area (TPSA) is 58.0 Å². The predicted octanol–water partition coefficient (Wildman–Crippen LogP) is -0.0322. The number of hydrogen-bond acceptors (Lipinski definition) is 3. The van der Waals surface area contributed by atoms with Gasteiger partial charge in [0.15, 0.2) is 0 Å². The molecule has 79 valence electrons. The summed E-state index contributed by atoms with van der Waals surface area (Å²) in [5, 5.41) is 10.6. The number of carbonyl (C=O) groups excluding carboxylic acids is 1. The third-order valence-corrected chi connectivity index (χ3v) is 2.34. The van der Waals surface area contributed by atoms with Crippen molar-refractivity contribution in [2.75, 3.05) is 0 Å². The number of imidazole rings is 1. The molecule has 0 aliphatic rings. The van der Waals surface area contributed by atoms with Gasteiger partial charge in [0.2, 0.25) is 0 Å². The van der Waals surface area contributed by atoms with E-state index in [0.717, 1.165) is 16.9 Å². The Hall–Kier alpha value is -0.204. The van der Waals surface area contributed by atoms with Crippen LogP contribution >= 0.6 is 0 Å². The Morgan fingerprint density at radius 3 is 2.75 bits per heavy atom. The number of aryl methyl sites for hydroxylation is 1. The Bertz CT molecular complexity index is 508. The van der Waals surface area contributed by atoms with Gasteiger partial charge in [0, 0.05) is 57.8 Å². The van der Waals surface area contributed by atoms with Gasteiger partial charge in [-0.2, -0.15) is 0 Å². The normalized spacial score (nSPS) is 10.1. The third kappa shape index (κ3) is 2.72. The van der Waals surface area contributed by atoms with E-state index in [1.807, 2.05) is 31.2 Å². The number of aromatic nitrogens is 2. The van der Waals surface area contributed by atoms with E-state index in [4.69, 9.17) is 0 Å². The smallest absolute Gasteiger partial charge is 0.109 e. The summed E-state index contributed by atoms with van der Waals surface area (Å²) in [5.41, 5.74) is 1.68. The first kappa shape index (κ1) is 13.9. The molecular formula is C11H11KN2O2-. The number of carbonyl (C=O) groups is 1. The molecule has 0 unspecified atom stereocenters. The van der Waals surface area contributed by atoms with Gasteiger partial charge in [-0.25, -0.2) is 4.98 Å². The molecule has 1 radical (unpaired) electrons. The molecular weight excluding hydrogens is 231 g/mol. The van der Waals surface area contributed by atoms with Crippen molar-refractivity contribution in [3.8, 4) is 0 Å².